The maximum Gasteiger partial charge on any atom is 0.171 e. The van der Waals surface area contributed by atoms with Gasteiger partial charge < -0.3 is 10.6 Å². The van der Waals surface area contributed by atoms with E-state index in [9.17, 15) is 0 Å². The monoisotopic (exact) mass is 394 g/mol. The Morgan fingerprint density at radius 3 is 2.24 bits per heavy atom. The van der Waals surface area contributed by atoms with E-state index in [2.05, 4.69) is 55.7 Å². The maximum atomic E-state index is 6.20. The molecule has 0 bridgehead atoms. The lowest BCUT2D eigenvalue weighted by Crippen LogP contribution is -2.32. The molecule has 0 aromatic heterocycles. The van der Waals surface area contributed by atoms with E-state index in [1.54, 1.807) is 6.07 Å². The highest BCUT2D eigenvalue weighted by atomic mass is 35.5. The van der Waals surface area contributed by atoms with E-state index in [4.69, 9.17) is 35.4 Å². The number of halogens is 2. The Bertz CT molecular complexity index is 716. The van der Waals surface area contributed by atoms with E-state index in [0.29, 0.717) is 26.8 Å². The summed E-state index contributed by atoms with van der Waals surface area (Å²) in [4.78, 5) is 0. The number of thiocarbonyl (C=S) groups is 1. The molecule has 0 unspecified atom stereocenters. The molecule has 2 aromatic carbocycles. The minimum atomic E-state index is 0.143. The topological polar surface area (TPSA) is 24.1 Å². The Labute approximate surface area is 165 Å². The van der Waals surface area contributed by atoms with E-state index in [1.807, 2.05) is 12.1 Å². The summed E-state index contributed by atoms with van der Waals surface area (Å²) in [5.74, 6) is 0.579. The van der Waals surface area contributed by atoms with Crippen LogP contribution in [0.15, 0.2) is 42.5 Å². The molecular formula is C20H24Cl2N2S. The lowest BCUT2D eigenvalue weighted by atomic mass is 9.95. The third kappa shape index (κ3) is 5.34. The SMILES string of the molecule is CC[C@H](C)c1ccc([C@@H](CC)NC(=S)Nc2cccc(Cl)c2Cl)cc1. The molecule has 0 saturated heterocycles. The Hall–Kier alpha value is -1.29. The first-order valence-corrected chi connectivity index (χ1v) is 9.74. The molecule has 2 N–H and O–H groups in total. The summed E-state index contributed by atoms with van der Waals surface area (Å²) in [5, 5.41) is 7.99. The predicted octanol–water partition coefficient (Wildman–Crippen LogP) is 6.94. The second kappa shape index (κ2) is 9.42. The lowest BCUT2D eigenvalue weighted by molar-refractivity contribution is 0.628. The number of rotatable bonds is 6. The second-order valence-electron chi connectivity index (χ2n) is 6.14. The molecule has 0 aliphatic rings. The van der Waals surface area contributed by atoms with Gasteiger partial charge in [0.05, 0.1) is 21.8 Å². The third-order valence-electron chi connectivity index (χ3n) is 4.43. The Morgan fingerprint density at radius 2 is 1.64 bits per heavy atom. The molecular weight excluding hydrogens is 371 g/mol. The first-order chi connectivity index (χ1) is 12.0. The largest absolute Gasteiger partial charge is 0.356 e. The van der Waals surface area contributed by atoms with Gasteiger partial charge in [-0.3, -0.25) is 0 Å². The van der Waals surface area contributed by atoms with E-state index in [1.165, 1.54) is 11.1 Å². The fourth-order valence-electron chi connectivity index (χ4n) is 2.63. The van der Waals surface area contributed by atoms with Crippen molar-refractivity contribution in [3.05, 3.63) is 63.6 Å². The quantitative estimate of drug-likeness (QED) is 0.518. The van der Waals surface area contributed by atoms with E-state index in [0.717, 1.165) is 12.8 Å². The fourth-order valence-corrected chi connectivity index (χ4v) is 3.23. The van der Waals surface area contributed by atoms with Gasteiger partial charge in [-0.25, -0.2) is 0 Å². The standard InChI is InChI=1S/C20H24Cl2N2S/c1-4-13(3)14-9-11-15(12-10-14)17(5-2)23-20(25)24-18-8-6-7-16(21)19(18)22/h6-13,17H,4-5H2,1-3H3,(H2,23,24,25)/t13-,17+/m0/s1. The summed E-state index contributed by atoms with van der Waals surface area (Å²) in [6.07, 6.45) is 2.07. The van der Waals surface area contributed by atoms with Crippen LogP contribution in [0, 0.1) is 0 Å². The van der Waals surface area contributed by atoms with E-state index in [-0.39, 0.29) is 6.04 Å². The molecule has 0 heterocycles. The molecule has 0 aliphatic carbocycles. The third-order valence-corrected chi connectivity index (χ3v) is 5.47. The van der Waals surface area contributed by atoms with Crippen LogP contribution in [-0.2, 0) is 0 Å². The van der Waals surface area contributed by atoms with Crippen molar-refractivity contribution in [2.24, 2.45) is 0 Å². The molecule has 5 heteroatoms. The van der Waals surface area contributed by atoms with Crippen molar-refractivity contribution in [3.8, 4) is 0 Å². The Kier molecular flexibility index (Phi) is 7.55. The van der Waals surface area contributed by atoms with Crippen molar-refractivity contribution < 1.29 is 0 Å². The predicted molar refractivity (Wildman–Crippen MR) is 114 cm³/mol. The highest BCUT2D eigenvalue weighted by Crippen LogP contribution is 2.29. The number of benzene rings is 2. The van der Waals surface area contributed by atoms with Crippen LogP contribution in [0.2, 0.25) is 10.0 Å². The molecule has 25 heavy (non-hydrogen) atoms. The highest BCUT2D eigenvalue weighted by molar-refractivity contribution is 7.80. The first-order valence-electron chi connectivity index (χ1n) is 8.57. The van der Waals surface area contributed by atoms with E-state index < -0.39 is 0 Å². The fraction of sp³-hybridized carbons (Fsp3) is 0.350. The van der Waals surface area contributed by atoms with Gasteiger partial charge in [0.25, 0.3) is 0 Å². The van der Waals surface area contributed by atoms with Gasteiger partial charge in [0.15, 0.2) is 5.11 Å². The molecule has 0 aliphatic heterocycles. The van der Waals surface area contributed by atoms with Crippen LogP contribution in [-0.4, -0.2) is 5.11 Å². The van der Waals surface area contributed by atoms with Crippen molar-refractivity contribution in [3.63, 3.8) is 0 Å². The van der Waals surface area contributed by atoms with Gasteiger partial charge in [-0.2, -0.15) is 0 Å². The number of hydrogen-bond acceptors (Lipinski definition) is 1. The van der Waals surface area contributed by atoms with Gasteiger partial charge in [0, 0.05) is 0 Å². The van der Waals surface area contributed by atoms with Crippen molar-refractivity contribution in [1.82, 2.24) is 5.32 Å². The molecule has 0 radical (unpaired) electrons. The summed E-state index contributed by atoms with van der Waals surface area (Å²) in [5.41, 5.74) is 3.29. The summed E-state index contributed by atoms with van der Waals surface area (Å²) < 4.78 is 0. The van der Waals surface area contributed by atoms with Crippen molar-refractivity contribution in [2.45, 2.75) is 45.6 Å². The van der Waals surface area contributed by atoms with Crippen LogP contribution in [0.5, 0.6) is 0 Å². The van der Waals surface area contributed by atoms with Crippen LogP contribution in [0.1, 0.15) is 56.7 Å². The molecule has 2 nitrogen and oxygen atoms in total. The van der Waals surface area contributed by atoms with Crippen LogP contribution in [0.25, 0.3) is 0 Å². The zero-order valence-corrected chi connectivity index (χ0v) is 17.1. The molecule has 2 rings (SSSR count). The Balaban J connectivity index is 2.06. The summed E-state index contributed by atoms with van der Waals surface area (Å²) in [6, 6.07) is 14.3. The second-order valence-corrected chi connectivity index (χ2v) is 7.33. The minimum Gasteiger partial charge on any atom is -0.356 e. The van der Waals surface area contributed by atoms with Gasteiger partial charge >= 0.3 is 0 Å². The van der Waals surface area contributed by atoms with E-state index >= 15 is 0 Å². The van der Waals surface area contributed by atoms with Crippen molar-refractivity contribution in [2.75, 3.05) is 5.32 Å². The normalized spacial score (nSPS) is 13.2. The molecule has 0 fully saturated rings. The van der Waals surface area contributed by atoms with Crippen LogP contribution in [0.4, 0.5) is 5.69 Å². The zero-order chi connectivity index (χ0) is 18.4. The van der Waals surface area contributed by atoms with Crippen LogP contribution in [0.3, 0.4) is 0 Å². The highest BCUT2D eigenvalue weighted by Gasteiger charge is 2.13. The molecule has 0 spiro atoms. The zero-order valence-electron chi connectivity index (χ0n) is 14.8. The van der Waals surface area contributed by atoms with Gasteiger partial charge in [-0.1, -0.05) is 74.3 Å². The van der Waals surface area contributed by atoms with Crippen LogP contribution < -0.4 is 10.6 Å². The van der Waals surface area contributed by atoms with Crippen molar-refractivity contribution >= 4 is 46.2 Å². The molecule has 2 aromatic rings. The summed E-state index contributed by atoms with van der Waals surface area (Å²) in [7, 11) is 0. The molecule has 2 atom stereocenters. The Morgan fingerprint density at radius 1 is 1.00 bits per heavy atom. The molecule has 0 amide bonds. The average Bonchev–Trinajstić information content (AvgIpc) is 2.63. The molecule has 0 saturated carbocycles. The summed E-state index contributed by atoms with van der Waals surface area (Å²) >= 11 is 17.7. The van der Waals surface area contributed by atoms with Gasteiger partial charge in [0.2, 0.25) is 0 Å². The minimum absolute atomic E-state index is 0.143. The van der Waals surface area contributed by atoms with Gasteiger partial charge in [0.1, 0.15) is 0 Å². The number of hydrogen-bond donors (Lipinski definition) is 2. The van der Waals surface area contributed by atoms with Crippen LogP contribution >= 0.6 is 35.4 Å². The smallest absolute Gasteiger partial charge is 0.171 e. The van der Waals surface area contributed by atoms with Gasteiger partial charge in [-0.15, -0.1) is 0 Å². The van der Waals surface area contributed by atoms with Gasteiger partial charge in [-0.05, 0) is 54.2 Å². The molecule has 134 valence electrons. The van der Waals surface area contributed by atoms with Crippen molar-refractivity contribution in [1.29, 1.82) is 0 Å². The lowest BCUT2D eigenvalue weighted by Gasteiger charge is -2.21. The maximum absolute atomic E-state index is 6.20. The number of nitrogens with one attached hydrogen (secondary N) is 2. The summed E-state index contributed by atoms with van der Waals surface area (Å²) in [6.45, 7) is 6.59. The first kappa shape index (κ1) is 20.0. The number of anilines is 1. The average molecular weight is 395 g/mol.